The summed E-state index contributed by atoms with van der Waals surface area (Å²) in [6.07, 6.45) is 5.35. The maximum atomic E-state index is 12.9. The first kappa shape index (κ1) is 19.2. The molecule has 0 N–H and O–H groups in total. The fraction of sp³-hybridized carbons (Fsp3) is 0.619. The van der Waals surface area contributed by atoms with Crippen molar-refractivity contribution in [3.05, 3.63) is 41.5 Å². The minimum Gasteiger partial charge on any atom is -0.383 e. The Labute approximate surface area is 166 Å². The van der Waals surface area contributed by atoms with Gasteiger partial charge in [-0.1, -0.05) is 0 Å². The highest BCUT2D eigenvalue weighted by molar-refractivity contribution is 5.93. The Bertz CT molecular complexity index is 812. The van der Waals surface area contributed by atoms with E-state index in [2.05, 4.69) is 34.8 Å². The van der Waals surface area contributed by atoms with Gasteiger partial charge in [-0.3, -0.25) is 14.4 Å². The molecule has 152 valence electrons. The van der Waals surface area contributed by atoms with E-state index in [4.69, 9.17) is 9.84 Å². The molecule has 1 fully saturated rings. The van der Waals surface area contributed by atoms with Gasteiger partial charge in [-0.25, -0.2) is 0 Å². The van der Waals surface area contributed by atoms with Crippen molar-refractivity contribution < 1.29 is 9.53 Å². The second-order valence-electron chi connectivity index (χ2n) is 8.00. The van der Waals surface area contributed by atoms with Crippen LogP contribution in [-0.2, 0) is 24.9 Å². The van der Waals surface area contributed by atoms with Crippen molar-refractivity contribution in [1.29, 1.82) is 0 Å². The third-order valence-corrected chi connectivity index (χ3v) is 6.03. The van der Waals surface area contributed by atoms with Crippen LogP contribution >= 0.6 is 0 Å². The molecule has 2 aromatic heterocycles. The molecule has 4 heterocycles. The smallest absolute Gasteiger partial charge is 0.272 e. The van der Waals surface area contributed by atoms with Crippen molar-refractivity contribution in [2.24, 2.45) is 7.05 Å². The van der Waals surface area contributed by atoms with Crippen molar-refractivity contribution in [1.82, 2.24) is 24.1 Å². The summed E-state index contributed by atoms with van der Waals surface area (Å²) in [6, 6.07) is 6.34. The second-order valence-corrected chi connectivity index (χ2v) is 8.00. The Balaban J connectivity index is 1.47. The number of piperidine rings is 1. The van der Waals surface area contributed by atoms with Crippen molar-refractivity contribution >= 4 is 5.91 Å². The number of aromatic nitrogens is 3. The number of hydrogen-bond donors (Lipinski definition) is 0. The Kier molecular flexibility index (Phi) is 5.82. The third-order valence-electron chi connectivity index (χ3n) is 6.03. The predicted molar refractivity (Wildman–Crippen MR) is 107 cm³/mol. The Morgan fingerprint density at radius 3 is 2.93 bits per heavy atom. The first-order valence-corrected chi connectivity index (χ1v) is 10.3. The number of amides is 1. The minimum absolute atomic E-state index is 0.0878. The highest BCUT2D eigenvalue weighted by Crippen LogP contribution is 2.28. The summed E-state index contributed by atoms with van der Waals surface area (Å²) in [5.74, 6) is 0.485. The van der Waals surface area contributed by atoms with E-state index in [1.165, 1.54) is 12.1 Å². The average molecular weight is 386 g/mol. The van der Waals surface area contributed by atoms with E-state index in [-0.39, 0.29) is 5.91 Å². The summed E-state index contributed by atoms with van der Waals surface area (Å²) in [5.41, 5.74) is 3.15. The normalized spacial score (nSPS) is 21.0. The quantitative estimate of drug-likeness (QED) is 0.764. The van der Waals surface area contributed by atoms with Gasteiger partial charge in [0.2, 0.25) is 0 Å². The number of nitrogens with zero attached hydrogens (tertiary/aromatic N) is 5. The minimum atomic E-state index is 0.0878. The largest absolute Gasteiger partial charge is 0.383 e. The molecule has 0 spiro atoms. The third kappa shape index (κ3) is 4.00. The van der Waals surface area contributed by atoms with Gasteiger partial charge in [0.15, 0.2) is 0 Å². The highest BCUT2D eigenvalue weighted by Gasteiger charge is 2.29. The number of aryl methyl sites for hydroxylation is 2. The topological polar surface area (TPSA) is 55.5 Å². The molecular formula is C21H31N5O2. The Morgan fingerprint density at radius 1 is 1.25 bits per heavy atom. The summed E-state index contributed by atoms with van der Waals surface area (Å²) < 4.78 is 9.28. The van der Waals surface area contributed by atoms with E-state index in [0.29, 0.717) is 19.1 Å². The zero-order valence-corrected chi connectivity index (χ0v) is 17.0. The molecule has 1 amide bonds. The van der Waals surface area contributed by atoms with Crippen molar-refractivity contribution in [2.45, 2.75) is 38.3 Å². The standard InChI is InChI=1S/C21H31N5O2/c1-23-8-4-7-18(23)16-24-9-3-6-17(15-24)19-14-20-21(27)25(12-13-28-2)10-5-11-26(20)22-19/h4,7-8,14,17H,3,5-6,9-13,15-16H2,1-2H3. The molecule has 1 saturated heterocycles. The maximum absolute atomic E-state index is 12.9. The van der Waals surface area contributed by atoms with Crippen LogP contribution in [0, 0.1) is 0 Å². The second kappa shape index (κ2) is 8.49. The van der Waals surface area contributed by atoms with Crippen LogP contribution in [0.5, 0.6) is 0 Å². The predicted octanol–water partition coefficient (Wildman–Crippen LogP) is 2.09. The molecule has 1 atom stereocenters. The first-order chi connectivity index (χ1) is 13.7. The zero-order chi connectivity index (χ0) is 19.5. The Morgan fingerprint density at radius 2 is 2.14 bits per heavy atom. The molecular weight excluding hydrogens is 354 g/mol. The van der Waals surface area contributed by atoms with Gasteiger partial charge in [-0.2, -0.15) is 5.10 Å². The van der Waals surface area contributed by atoms with Crippen molar-refractivity contribution in [2.75, 3.05) is 39.9 Å². The number of rotatable bonds is 6. The molecule has 0 aromatic carbocycles. The number of likely N-dealkylation sites (tertiary alicyclic amines) is 1. The van der Waals surface area contributed by atoms with Crippen LogP contribution in [0.4, 0.5) is 0 Å². The van der Waals surface area contributed by atoms with Gasteiger partial charge in [0.25, 0.3) is 5.91 Å². The number of carbonyl (C=O) groups excluding carboxylic acids is 1. The van der Waals surface area contributed by atoms with E-state index in [0.717, 1.165) is 57.0 Å². The van der Waals surface area contributed by atoms with Gasteiger partial charge in [0, 0.05) is 64.7 Å². The van der Waals surface area contributed by atoms with Gasteiger partial charge in [-0.15, -0.1) is 0 Å². The summed E-state index contributed by atoms with van der Waals surface area (Å²) in [6.45, 7) is 5.89. The summed E-state index contributed by atoms with van der Waals surface area (Å²) >= 11 is 0. The lowest BCUT2D eigenvalue weighted by Gasteiger charge is -2.32. The van der Waals surface area contributed by atoms with E-state index >= 15 is 0 Å². The summed E-state index contributed by atoms with van der Waals surface area (Å²) in [4.78, 5) is 17.4. The zero-order valence-electron chi connectivity index (χ0n) is 17.0. The molecule has 1 unspecified atom stereocenters. The first-order valence-electron chi connectivity index (χ1n) is 10.3. The van der Waals surface area contributed by atoms with Gasteiger partial charge in [-0.05, 0) is 44.0 Å². The molecule has 7 nitrogen and oxygen atoms in total. The van der Waals surface area contributed by atoms with Gasteiger partial charge in [0.1, 0.15) is 5.69 Å². The molecule has 2 aliphatic rings. The number of methoxy groups -OCH3 is 1. The van der Waals surface area contributed by atoms with E-state index in [1.54, 1.807) is 7.11 Å². The van der Waals surface area contributed by atoms with Crippen LogP contribution in [-0.4, -0.2) is 70.0 Å². The molecule has 28 heavy (non-hydrogen) atoms. The van der Waals surface area contributed by atoms with Crippen molar-refractivity contribution in [3.63, 3.8) is 0 Å². The monoisotopic (exact) mass is 385 g/mol. The van der Waals surface area contributed by atoms with E-state index in [1.807, 2.05) is 15.6 Å². The van der Waals surface area contributed by atoms with E-state index in [9.17, 15) is 4.79 Å². The maximum Gasteiger partial charge on any atom is 0.272 e. The van der Waals surface area contributed by atoms with Gasteiger partial charge >= 0.3 is 0 Å². The van der Waals surface area contributed by atoms with Crippen molar-refractivity contribution in [3.8, 4) is 0 Å². The fourth-order valence-electron chi connectivity index (χ4n) is 4.40. The van der Waals surface area contributed by atoms with Crippen LogP contribution in [0.1, 0.15) is 47.1 Å². The lowest BCUT2D eigenvalue weighted by atomic mass is 9.94. The van der Waals surface area contributed by atoms with Crippen LogP contribution in [0.2, 0.25) is 0 Å². The fourth-order valence-corrected chi connectivity index (χ4v) is 4.40. The number of fused-ring (bicyclic) bond motifs is 1. The molecule has 0 aliphatic carbocycles. The molecule has 0 radical (unpaired) electrons. The number of ether oxygens (including phenoxy) is 1. The SMILES string of the molecule is COCCN1CCCn2nc(C3CCCN(Cc4cccn4C)C3)cc2C1=O. The molecule has 2 aliphatic heterocycles. The highest BCUT2D eigenvalue weighted by atomic mass is 16.5. The van der Waals surface area contributed by atoms with E-state index < -0.39 is 0 Å². The van der Waals surface area contributed by atoms with Crippen LogP contribution in [0.25, 0.3) is 0 Å². The molecule has 0 saturated carbocycles. The molecule has 4 rings (SSSR count). The number of carbonyl (C=O) groups is 1. The summed E-state index contributed by atoms with van der Waals surface area (Å²) in [7, 11) is 3.78. The van der Waals surface area contributed by atoms with Crippen LogP contribution in [0.3, 0.4) is 0 Å². The summed E-state index contributed by atoms with van der Waals surface area (Å²) in [5, 5.41) is 4.85. The van der Waals surface area contributed by atoms with Gasteiger partial charge in [0.05, 0.1) is 12.3 Å². The lowest BCUT2D eigenvalue weighted by Crippen LogP contribution is -2.34. The average Bonchev–Trinajstić information content (AvgIpc) is 3.27. The Hall–Kier alpha value is -2.12. The molecule has 0 bridgehead atoms. The lowest BCUT2D eigenvalue weighted by molar-refractivity contribution is 0.0698. The number of hydrogen-bond acceptors (Lipinski definition) is 4. The van der Waals surface area contributed by atoms with Crippen LogP contribution in [0.15, 0.2) is 24.4 Å². The van der Waals surface area contributed by atoms with Gasteiger partial charge < -0.3 is 14.2 Å². The van der Waals surface area contributed by atoms with Crippen LogP contribution < -0.4 is 0 Å². The molecule has 2 aromatic rings. The molecule has 7 heteroatoms.